The van der Waals surface area contributed by atoms with Crippen molar-refractivity contribution in [3.8, 4) is 5.69 Å². The van der Waals surface area contributed by atoms with E-state index in [1.165, 1.54) is 43.4 Å². The molecule has 2 heterocycles. The monoisotopic (exact) mass is 545 g/mol. The lowest BCUT2D eigenvalue weighted by molar-refractivity contribution is 0.331. The van der Waals surface area contributed by atoms with Crippen LogP contribution < -0.4 is 10.6 Å². The first-order valence-corrected chi connectivity index (χ1v) is 11.1. The Bertz CT molecular complexity index is 947. The van der Waals surface area contributed by atoms with E-state index in [9.17, 15) is 0 Å². The Morgan fingerprint density at radius 1 is 0.938 bits per heavy atom. The van der Waals surface area contributed by atoms with Crippen LogP contribution in [0.4, 0.5) is 0 Å². The minimum absolute atomic E-state index is 0. The smallest absolute Gasteiger partial charge is 0.191 e. The predicted molar refractivity (Wildman–Crippen MR) is 139 cm³/mol. The van der Waals surface area contributed by atoms with Crippen molar-refractivity contribution in [2.75, 3.05) is 19.6 Å². The molecule has 1 aromatic heterocycles. The van der Waals surface area contributed by atoms with Crippen molar-refractivity contribution in [2.45, 2.75) is 39.4 Å². The zero-order valence-corrected chi connectivity index (χ0v) is 20.9. The van der Waals surface area contributed by atoms with Crippen LogP contribution in [0, 0.1) is 0 Å². The van der Waals surface area contributed by atoms with Gasteiger partial charge in [0.25, 0.3) is 0 Å². The molecular weight excluding hydrogens is 513 g/mol. The number of hydrogen-bond acceptors (Lipinski definition) is 4. The van der Waals surface area contributed by atoms with E-state index >= 15 is 0 Å². The maximum absolute atomic E-state index is 4.73. The van der Waals surface area contributed by atoms with Crippen LogP contribution in [0.25, 0.3) is 5.69 Å². The molecule has 170 valence electrons. The van der Waals surface area contributed by atoms with E-state index in [1.54, 1.807) is 11.0 Å². The molecule has 7 nitrogen and oxygen atoms in total. The molecule has 2 N–H and O–H groups in total. The minimum Gasteiger partial charge on any atom is -0.357 e. The fourth-order valence-electron chi connectivity index (χ4n) is 3.75. The van der Waals surface area contributed by atoms with Crippen molar-refractivity contribution >= 4 is 29.9 Å². The standard InChI is InChI=1S/C24H31N7.HI/c1-2-26-24(28-16-21-9-11-23(12-10-21)31-19-25-18-29-31)27-15-20-5-7-22(8-6-20)17-30-13-3-4-14-30;/h5-12,18-19H,2-4,13-17H2,1H3,(H2,26,27,28);1H. The lowest BCUT2D eigenvalue weighted by atomic mass is 10.1. The summed E-state index contributed by atoms with van der Waals surface area (Å²) in [7, 11) is 0. The quantitative estimate of drug-likeness (QED) is 0.257. The van der Waals surface area contributed by atoms with E-state index in [0.717, 1.165) is 36.8 Å². The van der Waals surface area contributed by atoms with Gasteiger partial charge in [0, 0.05) is 19.6 Å². The second-order valence-corrected chi connectivity index (χ2v) is 7.85. The number of aromatic nitrogens is 3. The fourth-order valence-corrected chi connectivity index (χ4v) is 3.75. The summed E-state index contributed by atoms with van der Waals surface area (Å²) in [6, 6.07) is 17.1. The number of benzene rings is 2. The number of hydrogen-bond donors (Lipinski definition) is 2. The molecule has 0 atom stereocenters. The summed E-state index contributed by atoms with van der Waals surface area (Å²) < 4.78 is 1.75. The van der Waals surface area contributed by atoms with Gasteiger partial charge in [0.15, 0.2) is 5.96 Å². The molecule has 0 spiro atoms. The van der Waals surface area contributed by atoms with Crippen LogP contribution in [0.15, 0.2) is 66.2 Å². The molecule has 0 unspecified atom stereocenters. The topological polar surface area (TPSA) is 70.4 Å². The van der Waals surface area contributed by atoms with E-state index in [0.29, 0.717) is 6.54 Å². The first-order chi connectivity index (χ1) is 15.3. The Hall–Kier alpha value is -2.46. The van der Waals surface area contributed by atoms with Gasteiger partial charge in [-0.05, 0) is 61.7 Å². The van der Waals surface area contributed by atoms with Crippen molar-refractivity contribution in [1.82, 2.24) is 30.3 Å². The van der Waals surface area contributed by atoms with Crippen LogP contribution in [0.2, 0.25) is 0 Å². The highest BCUT2D eigenvalue weighted by atomic mass is 127. The Morgan fingerprint density at radius 3 is 2.28 bits per heavy atom. The summed E-state index contributed by atoms with van der Waals surface area (Å²) in [6.07, 6.45) is 5.90. The lowest BCUT2D eigenvalue weighted by Crippen LogP contribution is -2.36. The molecule has 1 fully saturated rings. The van der Waals surface area contributed by atoms with Gasteiger partial charge in [0.05, 0.1) is 12.2 Å². The third-order valence-corrected chi connectivity index (χ3v) is 5.47. The summed E-state index contributed by atoms with van der Waals surface area (Å²) >= 11 is 0. The minimum atomic E-state index is 0. The van der Waals surface area contributed by atoms with Crippen molar-refractivity contribution in [3.05, 3.63) is 77.9 Å². The van der Waals surface area contributed by atoms with Gasteiger partial charge in [0.1, 0.15) is 12.7 Å². The van der Waals surface area contributed by atoms with Crippen LogP contribution >= 0.6 is 24.0 Å². The van der Waals surface area contributed by atoms with Crippen LogP contribution in [-0.2, 0) is 19.6 Å². The molecule has 3 aromatic rings. The summed E-state index contributed by atoms with van der Waals surface area (Å²) in [5, 5.41) is 10.9. The molecule has 0 saturated carbocycles. The van der Waals surface area contributed by atoms with Gasteiger partial charge < -0.3 is 10.6 Å². The predicted octanol–water partition coefficient (Wildman–Crippen LogP) is 3.74. The Kier molecular flexibility index (Phi) is 9.48. The largest absolute Gasteiger partial charge is 0.357 e. The number of aliphatic imine (C=N–C) groups is 1. The molecular formula is C24H32IN7. The van der Waals surface area contributed by atoms with E-state index in [2.05, 4.69) is 68.9 Å². The number of nitrogens with one attached hydrogen (secondary N) is 2. The molecule has 0 radical (unpaired) electrons. The Morgan fingerprint density at radius 2 is 1.62 bits per heavy atom. The van der Waals surface area contributed by atoms with Gasteiger partial charge in [-0.25, -0.2) is 14.7 Å². The van der Waals surface area contributed by atoms with E-state index in [1.807, 2.05) is 12.1 Å². The molecule has 8 heteroatoms. The average molecular weight is 545 g/mol. The number of rotatable bonds is 8. The van der Waals surface area contributed by atoms with E-state index in [-0.39, 0.29) is 24.0 Å². The first-order valence-electron chi connectivity index (χ1n) is 11.1. The van der Waals surface area contributed by atoms with E-state index < -0.39 is 0 Å². The van der Waals surface area contributed by atoms with Gasteiger partial charge in [-0.3, -0.25) is 4.90 Å². The molecule has 0 aliphatic carbocycles. The van der Waals surface area contributed by atoms with Crippen molar-refractivity contribution < 1.29 is 0 Å². The highest BCUT2D eigenvalue weighted by Gasteiger charge is 2.11. The third-order valence-electron chi connectivity index (χ3n) is 5.47. The molecule has 1 saturated heterocycles. The van der Waals surface area contributed by atoms with E-state index in [4.69, 9.17) is 4.99 Å². The van der Waals surface area contributed by atoms with Crippen LogP contribution in [0.1, 0.15) is 36.5 Å². The first kappa shape index (κ1) is 24.2. The van der Waals surface area contributed by atoms with Crippen LogP contribution in [-0.4, -0.2) is 45.3 Å². The zero-order chi connectivity index (χ0) is 21.3. The Balaban J connectivity index is 0.00000289. The van der Waals surface area contributed by atoms with Crippen LogP contribution in [0.5, 0.6) is 0 Å². The Labute approximate surface area is 207 Å². The molecule has 4 rings (SSSR count). The maximum atomic E-state index is 4.73. The second-order valence-electron chi connectivity index (χ2n) is 7.85. The fraction of sp³-hybridized carbons (Fsp3) is 0.375. The molecule has 32 heavy (non-hydrogen) atoms. The van der Waals surface area contributed by atoms with Gasteiger partial charge in [-0.1, -0.05) is 36.4 Å². The highest BCUT2D eigenvalue weighted by Crippen LogP contribution is 2.13. The molecule has 2 aromatic carbocycles. The summed E-state index contributed by atoms with van der Waals surface area (Å²) in [4.78, 5) is 11.2. The molecule has 1 aliphatic heterocycles. The zero-order valence-electron chi connectivity index (χ0n) is 18.6. The summed E-state index contributed by atoms with van der Waals surface area (Å²) in [5.74, 6) is 0.823. The average Bonchev–Trinajstić information content (AvgIpc) is 3.52. The maximum Gasteiger partial charge on any atom is 0.191 e. The molecule has 0 amide bonds. The number of guanidine groups is 1. The highest BCUT2D eigenvalue weighted by molar-refractivity contribution is 14.0. The van der Waals surface area contributed by atoms with Crippen molar-refractivity contribution in [3.63, 3.8) is 0 Å². The SMILES string of the molecule is CCNC(=NCc1ccc(-n2cncn2)cc1)NCc1ccc(CN2CCCC2)cc1.I. The van der Waals surface area contributed by atoms with Crippen molar-refractivity contribution in [1.29, 1.82) is 0 Å². The molecule has 0 bridgehead atoms. The van der Waals surface area contributed by atoms with Gasteiger partial charge in [-0.2, -0.15) is 5.10 Å². The number of halogens is 1. The summed E-state index contributed by atoms with van der Waals surface area (Å²) in [5.41, 5.74) is 4.78. The number of likely N-dealkylation sites (tertiary alicyclic amines) is 1. The molecule has 1 aliphatic rings. The van der Waals surface area contributed by atoms with Gasteiger partial charge >= 0.3 is 0 Å². The van der Waals surface area contributed by atoms with Gasteiger partial charge in [0.2, 0.25) is 0 Å². The third kappa shape index (κ3) is 7.03. The normalized spacial score (nSPS) is 14.2. The van der Waals surface area contributed by atoms with Crippen LogP contribution in [0.3, 0.4) is 0 Å². The van der Waals surface area contributed by atoms with Crippen molar-refractivity contribution in [2.24, 2.45) is 4.99 Å². The summed E-state index contributed by atoms with van der Waals surface area (Å²) in [6.45, 7) is 7.80. The number of nitrogens with zero attached hydrogens (tertiary/aromatic N) is 5. The second kappa shape index (κ2) is 12.5. The lowest BCUT2D eigenvalue weighted by Gasteiger charge is -2.15. The van der Waals surface area contributed by atoms with Gasteiger partial charge in [-0.15, -0.1) is 24.0 Å².